The van der Waals surface area contributed by atoms with E-state index in [9.17, 15) is 18.0 Å². The second-order valence-corrected chi connectivity index (χ2v) is 5.57. The fourth-order valence-electron chi connectivity index (χ4n) is 2.06. The van der Waals surface area contributed by atoms with Gasteiger partial charge in [-0.05, 0) is 42.5 Å². The van der Waals surface area contributed by atoms with Crippen LogP contribution in [0.4, 0.5) is 13.2 Å². The molecule has 0 aliphatic rings. The van der Waals surface area contributed by atoms with Crippen molar-refractivity contribution >= 4 is 26.8 Å². The first-order valence-electron chi connectivity index (χ1n) is 6.22. The predicted octanol–water partition coefficient (Wildman–Crippen LogP) is 3.96. The standard InChI is InChI=1S/C15H8BrF3N2O/c16-9-3-6-11-12(7-9)20-14(21-13(11)22)15(18,19)8-1-4-10(17)5-2-8/h1-7H,(H,20,21,22). The van der Waals surface area contributed by atoms with Crippen molar-refractivity contribution in [1.82, 2.24) is 9.97 Å². The lowest BCUT2D eigenvalue weighted by atomic mass is 10.1. The van der Waals surface area contributed by atoms with Gasteiger partial charge in [-0.1, -0.05) is 15.9 Å². The number of rotatable bonds is 2. The lowest BCUT2D eigenvalue weighted by molar-refractivity contribution is 0.0329. The number of H-pyrrole nitrogens is 1. The molecule has 2 aromatic carbocycles. The van der Waals surface area contributed by atoms with Crippen molar-refractivity contribution < 1.29 is 13.2 Å². The first-order chi connectivity index (χ1) is 10.4. The van der Waals surface area contributed by atoms with Gasteiger partial charge in [-0.15, -0.1) is 0 Å². The Morgan fingerprint density at radius 1 is 1.09 bits per heavy atom. The second kappa shape index (κ2) is 5.24. The molecule has 3 nitrogen and oxygen atoms in total. The maximum absolute atomic E-state index is 14.5. The van der Waals surface area contributed by atoms with Crippen molar-refractivity contribution in [3.8, 4) is 0 Å². The van der Waals surface area contributed by atoms with Crippen LogP contribution in [0, 0.1) is 5.82 Å². The van der Waals surface area contributed by atoms with E-state index in [-0.39, 0.29) is 10.9 Å². The highest BCUT2D eigenvalue weighted by Gasteiger charge is 2.37. The van der Waals surface area contributed by atoms with E-state index in [0.717, 1.165) is 24.3 Å². The molecule has 0 fully saturated rings. The molecule has 0 saturated carbocycles. The van der Waals surface area contributed by atoms with Gasteiger partial charge in [0.2, 0.25) is 0 Å². The zero-order valence-electron chi connectivity index (χ0n) is 10.9. The molecule has 0 atom stereocenters. The number of benzene rings is 2. The van der Waals surface area contributed by atoms with Crippen LogP contribution in [0.3, 0.4) is 0 Å². The number of aromatic amines is 1. The van der Waals surface area contributed by atoms with Gasteiger partial charge < -0.3 is 4.98 Å². The lowest BCUT2D eigenvalue weighted by Gasteiger charge is -2.16. The SMILES string of the molecule is O=c1[nH]c(C(F)(F)c2ccc(F)cc2)nc2cc(Br)ccc12. The molecule has 0 unspecified atom stereocenters. The zero-order valence-corrected chi connectivity index (χ0v) is 12.5. The van der Waals surface area contributed by atoms with Gasteiger partial charge in [0.15, 0.2) is 5.82 Å². The Labute approximate surface area is 131 Å². The van der Waals surface area contributed by atoms with Crippen LogP contribution in [0.2, 0.25) is 0 Å². The molecular weight excluding hydrogens is 361 g/mol. The topological polar surface area (TPSA) is 45.8 Å². The molecule has 0 radical (unpaired) electrons. The Balaban J connectivity index is 2.20. The predicted molar refractivity (Wildman–Crippen MR) is 79.5 cm³/mol. The van der Waals surface area contributed by atoms with E-state index in [0.29, 0.717) is 4.47 Å². The van der Waals surface area contributed by atoms with Gasteiger partial charge in [-0.25, -0.2) is 9.37 Å². The van der Waals surface area contributed by atoms with Gasteiger partial charge in [-0.2, -0.15) is 8.78 Å². The van der Waals surface area contributed by atoms with Crippen molar-refractivity contribution in [1.29, 1.82) is 0 Å². The Hall–Kier alpha value is -2.15. The number of hydrogen-bond acceptors (Lipinski definition) is 2. The molecule has 1 aromatic heterocycles. The molecule has 0 amide bonds. The van der Waals surface area contributed by atoms with Crippen LogP contribution in [0.15, 0.2) is 51.7 Å². The first kappa shape index (κ1) is 14.8. The second-order valence-electron chi connectivity index (χ2n) is 4.66. The summed E-state index contributed by atoms with van der Waals surface area (Å²) in [6, 6.07) is 8.37. The molecule has 22 heavy (non-hydrogen) atoms. The van der Waals surface area contributed by atoms with E-state index < -0.39 is 28.7 Å². The van der Waals surface area contributed by atoms with E-state index in [4.69, 9.17) is 0 Å². The first-order valence-corrected chi connectivity index (χ1v) is 7.01. The minimum absolute atomic E-state index is 0.148. The van der Waals surface area contributed by atoms with Crippen LogP contribution >= 0.6 is 15.9 Å². The largest absolute Gasteiger partial charge is 0.329 e. The van der Waals surface area contributed by atoms with Crippen molar-refractivity contribution in [3.05, 3.63) is 74.5 Å². The molecule has 112 valence electrons. The van der Waals surface area contributed by atoms with Crippen LogP contribution < -0.4 is 5.56 Å². The summed E-state index contributed by atoms with van der Waals surface area (Å²) < 4.78 is 42.4. The van der Waals surface area contributed by atoms with Crippen LogP contribution in [0.5, 0.6) is 0 Å². The fourth-order valence-corrected chi connectivity index (χ4v) is 2.41. The van der Waals surface area contributed by atoms with Gasteiger partial charge >= 0.3 is 5.92 Å². The minimum atomic E-state index is -3.54. The molecule has 0 aliphatic heterocycles. The van der Waals surface area contributed by atoms with Gasteiger partial charge in [0.05, 0.1) is 10.9 Å². The van der Waals surface area contributed by atoms with Gasteiger partial charge in [-0.3, -0.25) is 4.79 Å². The summed E-state index contributed by atoms with van der Waals surface area (Å²) in [6.07, 6.45) is 0. The summed E-state index contributed by atoms with van der Waals surface area (Å²) in [4.78, 5) is 17.9. The summed E-state index contributed by atoms with van der Waals surface area (Å²) >= 11 is 3.20. The van der Waals surface area contributed by atoms with Crippen molar-refractivity contribution in [2.45, 2.75) is 5.92 Å². The molecular formula is C15H8BrF3N2O. The highest BCUT2D eigenvalue weighted by molar-refractivity contribution is 9.10. The molecule has 0 spiro atoms. The number of halogens is 4. The maximum Gasteiger partial charge on any atom is 0.329 e. The van der Waals surface area contributed by atoms with E-state index in [1.807, 2.05) is 0 Å². The molecule has 1 heterocycles. The summed E-state index contributed by atoms with van der Waals surface area (Å²) in [7, 11) is 0. The van der Waals surface area contributed by atoms with E-state index in [1.54, 1.807) is 6.07 Å². The summed E-state index contributed by atoms with van der Waals surface area (Å²) in [5.74, 6) is -4.94. The third-order valence-electron chi connectivity index (χ3n) is 3.17. The third kappa shape index (κ3) is 2.52. The van der Waals surface area contributed by atoms with Crippen LogP contribution in [-0.4, -0.2) is 9.97 Å². The summed E-state index contributed by atoms with van der Waals surface area (Å²) in [5, 5.41) is 0.210. The highest BCUT2D eigenvalue weighted by Crippen LogP contribution is 2.33. The zero-order chi connectivity index (χ0) is 15.9. The molecule has 0 bridgehead atoms. The number of fused-ring (bicyclic) bond motifs is 1. The fraction of sp³-hybridized carbons (Fsp3) is 0.0667. The number of aromatic nitrogens is 2. The van der Waals surface area contributed by atoms with Gasteiger partial charge in [0.1, 0.15) is 5.82 Å². The summed E-state index contributed by atoms with van der Waals surface area (Å²) in [6.45, 7) is 0. The van der Waals surface area contributed by atoms with E-state index in [2.05, 4.69) is 25.9 Å². The Morgan fingerprint density at radius 2 is 1.77 bits per heavy atom. The van der Waals surface area contributed by atoms with Crippen molar-refractivity contribution in [2.24, 2.45) is 0 Å². The average molecular weight is 369 g/mol. The van der Waals surface area contributed by atoms with Crippen LogP contribution in [0.25, 0.3) is 10.9 Å². The smallest absolute Gasteiger partial charge is 0.305 e. The lowest BCUT2D eigenvalue weighted by Crippen LogP contribution is -2.24. The highest BCUT2D eigenvalue weighted by atomic mass is 79.9. The Kier molecular flexibility index (Phi) is 3.52. The van der Waals surface area contributed by atoms with Crippen LogP contribution in [-0.2, 0) is 5.92 Å². The third-order valence-corrected chi connectivity index (χ3v) is 3.67. The number of hydrogen-bond donors (Lipinski definition) is 1. The molecule has 3 aromatic rings. The van der Waals surface area contributed by atoms with Crippen LogP contribution in [0.1, 0.15) is 11.4 Å². The Morgan fingerprint density at radius 3 is 2.45 bits per heavy atom. The average Bonchev–Trinajstić information content (AvgIpc) is 2.47. The van der Waals surface area contributed by atoms with E-state index >= 15 is 0 Å². The van der Waals surface area contributed by atoms with Crippen molar-refractivity contribution in [3.63, 3.8) is 0 Å². The molecule has 0 saturated heterocycles. The molecule has 7 heteroatoms. The van der Waals surface area contributed by atoms with Gasteiger partial charge in [0.25, 0.3) is 5.56 Å². The number of nitrogens with one attached hydrogen (secondary N) is 1. The quantitative estimate of drug-likeness (QED) is 0.743. The Bertz CT molecular complexity index is 907. The van der Waals surface area contributed by atoms with E-state index in [1.165, 1.54) is 12.1 Å². The normalized spacial score (nSPS) is 11.8. The monoisotopic (exact) mass is 368 g/mol. The molecule has 3 rings (SSSR count). The maximum atomic E-state index is 14.5. The van der Waals surface area contributed by atoms with Crippen molar-refractivity contribution in [2.75, 3.05) is 0 Å². The molecule has 1 N–H and O–H groups in total. The minimum Gasteiger partial charge on any atom is -0.305 e. The number of alkyl halides is 2. The van der Waals surface area contributed by atoms with Gasteiger partial charge in [0, 0.05) is 10.0 Å². The molecule has 0 aliphatic carbocycles. The summed E-state index contributed by atoms with van der Waals surface area (Å²) in [5.41, 5.74) is -0.962. The number of nitrogens with zero attached hydrogens (tertiary/aromatic N) is 1.